The summed E-state index contributed by atoms with van der Waals surface area (Å²) in [7, 11) is 1.71. The molecule has 0 aromatic rings. The zero-order valence-electron chi connectivity index (χ0n) is 7.96. The summed E-state index contributed by atoms with van der Waals surface area (Å²) in [5, 5.41) is 9.72. The number of hydrogen-bond donors (Lipinski definition) is 1. The van der Waals surface area contributed by atoms with E-state index in [2.05, 4.69) is 0 Å². The number of aliphatic hydroxyl groups is 1. The van der Waals surface area contributed by atoms with E-state index >= 15 is 0 Å². The molecule has 1 aliphatic carbocycles. The Morgan fingerprint density at radius 3 is 2.67 bits per heavy atom. The van der Waals surface area contributed by atoms with Gasteiger partial charge in [0.05, 0.1) is 6.10 Å². The second-order valence-electron chi connectivity index (χ2n) is 3.75. The molecule has 1 fully saturated rings. The van der Waals surface area contributed by atoms with Crippen LogP contribution in [0.1, 0.15) is 38.5 Å². The Kier molecular flexibility index (Phi) is 4.62. The predicted molar refractivity (Wildman–Crippen MR) is 49.1 cm³/mol. The summed E-state index contributed by atoms with van der Waals surface area (Å²) in [5.74, 6) is 0.585. The number of aliphatic hydroxyl groups excluding tert-OH is 1. The maximum Gasteiger partial charge on any atom is 0.0569 e. The molecule has 0 aromatic heterocycles. The summed E-state index contributed by atoms with van der Waals surface area (Å²) in [6.07, 6.45) is 6.93. The fraction of sp³-hybridized carbons (Fsp3) is 1.00. The van der Waals surface area contributed by atoms with Crippen molar-refractivity contribution in [1.29, 1.82) is 0 Å². The molecule has 12 heavy (non-hydrogen) atoms. The molecule has 0 saturated heterocycles. The van der Waals surface area contributed by atoms with Gasteiger partial charge >= 0.3 is 0 Å². The lowest BCUT2D eigenvalue weighted by molar-refractivity contribution is 0.0876. The standard InChI is InChI=1S/C10H20O2/c1-12-8-4-7-10(11)9-5-2-3-6-9/h9-11H,2-8H2,1H3. The first-order valence-electron chi connectivity index (χ1n) is 5.01. The molecular formula is C10H20O2. The second-order valence-corrected chi connectivity index (χ2v) is 3.75. The minimum atomic E-state index is -0.0670. The molecule has 1 unspecified atom stereocenters. The van der Waals surface area contributed by atoms with E-state index in [0.29, 0.717) is 5.92 Å². The lowest BCUT2D eigenvalue weighted by Gasteiger charge is -2.16. The monoisotopic (exact) mass is 172 g/mol. The normalized spacial score (nSPS) is 21.5. The van der Waals surface area contributed by atoms with Gasteiger partial charge in [-0.1, -0.05) is 12.8 Å². The molecule has 2 nitrogen and oxygen atoms in total. The molecule has 0 amide bonds. The van der Waals surface area contributed by atoms with Crippen LogP contribution in [0.15, 0.2) is 0 Å². The highest BCUT2D eigenvalue weighted by atomic mass is 16.5. The Morgan fingerprint density at radius 1 is 1.42 bits per heavy atom. The summed E-state index contributed by atoms with van der Waals surface area (Å²) in [6.45, 7) is 0.782. The van der Waals surface area contributed by atoms with Crippen molar-refractivity contribution in [1.82, 2.24) is 0 Å². The van der Waals surface area contributed by atoms with Gasteiger partial charge in [0.25, 0.3) is 0 Å². The van der Waals surface area contributed by atoms with Crippen LogP contribution in [-0.4, -0.2) is 24.9 Å². The van der Waals surface area contributed by atoms with E-state index in [1.807, 2.05) is 0 Å². The summed E-state index contributed by atoms with van der Waals surface area (Å²) in [4.78, 5) is 0. The molecular weight excluding hydrogens is 152 g/mol. The van der Waals surface area contributed by atoms with Gasteiger partial charge in [0, 0.05) is 13.7 Å². The maximum absolute atomic E-state index is 9.72. The summed E-state index contributed by atoms with van der Waals surface area (Å²) >= 11 is 0. The SMILES string of the molecule is COCCCC(O)C1CCCC1. The maximum atomic E-state index is 9.72. The average Bonchev–Trinajstić information content (AvgIpc) is 2.56. The molecule has 1 atom stereocenters. The lowest BCUT2D eigenvalue weighted by atomic mass is 9.97. The molecule has 72 valence electrons. The Morgan fingerprint density at radius 2 is 2.08 bits per heavy atom. The smallest absolute Gasteiger partial charge is 0.0569 e. The zero-order chi connectivity index (χ0) is 8.81. The molecule has 0 spiro atoms. The van der Waals surface area contributed by atoms with Gasteiger partial charge in [-0.3, -0.25) is 0 Å². The van der Waals surface area contributed by atoms with Crippen LogP contribution in [0.25, 0.3) is 0 Å². The molecule has 1 N–H and O–H groups in total. The molecule has 0 radical (unpaired) electrons. The third-order valence-electron chi connectivity index (χ3n) is 2.79. The van der Waals surface area contributed by atoms with E-state index in [4.69, 9.17) is 4.74 Å². The first-order valence-corrected chi connectivity index (χ1v) is 5.01. The highest BCUT2D eigenvalue weighted by molar-refractivity contribution is 4.74. The molecule has 0 bridgehead atoms. The Labute approximate surface area is 74.9 Å². The van der Waals surface area contributed by atoms with Crippen LogP contribution in [-0.2, 0) is 4.74 Å². The average molecular weight is 172 g/mol. The molecule has 0 heterocycles. The quantitative estimate of drug-likeness (QED) is 0.642. The zero-order valence-corrected chi connectivity index (χ0v) is 7.96. The van der Waals surface area contributed by atoms with Crippen molar-refractivity contribution >= 4 is 0 Å². The van der Waals surface area contributed by atoms with E-state index < -0.39 is 0 Å². The van der Waals surface area contributed by atoms with Crippen LogP contribution in [0.3, 0.4) is 0 Å². The topological polar surface area (TPSA) is 29.5 Å². The van der Waals surface area contributed by atoms with Gasteiger partial charge in [0.1, 0.15) is 0 Å². The minimum Gasteiger partial charge on any atom is -0.393 e. The van der Waals surface area contributed by atoms with Crippen molar-refractivity contribution in [2.24, 2.45) is 5.92 Å². The van der Waals surface area contributed by atoms with Crippen molar-refractivity contribution in [3.63, 3.8) is 0 Å². The van der Waals surface area contributed by atoms with Gasteiger partial charge in [-0.25, -0.2) is 0 Å². The van der Waals surface area contributed by atoms with Crippen LogP contribution in [0.4, 0.5) is 0 Å². The van der Waals surface area contributed by atoms with Crippen molar-refractivity contribution in [2.45, 2.75) is 44.6 Å². The molecule has 1 aliphatic rings. The van der Waals surface area contributed by atoms with Crippen LogP contribution in [0, 0.1) is 5.92 Å². The third-order valence-corrected chi connectivity index (χ3v) is 2.79. The largest absolute Gasteiger partial charge is 0.393 e. The molecule has 1 saturated carbocycles. The van der Waals surface area contributed by atoms with Crippen LogP contribution >= 0.6 is 0 Å². The number of rotatable bonds is 5. The van der Waals surface area contributed by atoms with Crippen molar-refractivity contribution < 1.29 is 9.84 Å². The third kappa shape index (κ3) is 3.11. The van der Waals surface area contributed by atoms with Gasteiger partial charge in [0.2, 0.25) is 0 Å². The van der Waals surface area contributed by atoms with Gasteiger partial charge < -0.3 is 9.84 Å². The van der Waals surface area contributed by atoms with Crippen LogP contribution < -0.4 is 0 Å². The van der Waals surface area contributed by atoms with E-state index in [0.717, 1.165) is 19.4 Å². The Hall–Kier alpha value is -0.0800. The van der Waals surface area contributed by atoms with Crippen molar-refractivity contribution in [3.8, 4) is 0 Å². The van der Waals surface area contributed by atoms with Crippen LogP contribution in [0.5, 0.6) is 0 Å². The van der Waals surface area contributed by atoms with Gasteiger partial charge in [-0.15, -0.1) is 0 Å². The number of ether oxygens (including phenoxy) is 1. The number of hydrogen-bond acceptors (Lipinski definition) is 2. The van der Waals surface area contributed by atoms with E-state index in [1.165, 1.54) is 25.7 Å². The summed E-state index contributed by atoms with van der Waals surface area (Å²) in [5.41, 5.74) is 0. The van der Waals surface area contributed by atoms with Crippen molar-refractivity contribution in [3.05, 3.63) is 0 Å². The first-order chi connectivity index (χ1) is 5.84. The van der Waals surface area contributed by atoms with Gasteiger partial charge in [0.15, 0.2) is 0 Å². The van der Waals surface area contributed by atoms with E-state index in [-0.39, 0.29) is 6.10 Å². The fourth-order valence-electron chi connectivity index (χ4n) is 2.01. The Bertz CT molecular complexity index is 108. The lowest BCUT2D eigenvalue weighted by Crippen LogP contribution is -2.17. The van der Waals surface area contributed by atoms with Crippen molar-refractivity contribution in [2.75, 3.05) is 13.7 Å². The second kappa shape index (κ2) is 5.55. The first kappa shape index (κ1) is 10.0. The van der Waals surface area contributed by atoms with Crippen LogP contribution in [0.2, 0.25) is 0 Å². The fourth-order valence-corrected chi connectivity index (χ4v) is 2.01. The molecule has 0 aliphatic heterocycles. The molecule has 0 aromatic carbocycles. The van der Waals surface area contributed by atoms with E-state index in [9.17, 15) is 5.11 Å². The van der Waals surface area contributed by atoms with Gasteiger partial charge in [-0.05, 0) is 31.6 Å². The summed E-state index contributed by atoms with van der Waals surface area (Å²) < 4.78 is 4.94. The number of methoxy groups -OCH3 is 1. The van der Waals surface area contributed by atoms with Gasteiger partial charge in [-0.2, -0.15) is 0 Å². The van der Waals surface area contributed by atoms with E-state index in [1.54, 1.807) is 7.11 Å². The summed E-state index contributed by atoms with van der Waals surface area (Å²) in [6, 6.07) is 0. The molecule has 2 heteroatoms. The predicted octanol–water partition coefficient (Wildman–Crippen LogP) is 1.96. The Balaban J connectivity index is 2.05. The minimum absolute atomic E-state index is 0.0670. The highest BCUT2D eigenvalue weighted by Gasteiger charge is 2.22. The molecule has 1 rings (SSSR count). The highest BCUT2D eigenvalue weighted by Crippen LogP contribution is 2.29.